The molecule has 0 fully saturated rings. The fourth-order valence-electron chi connectivity index (χ4n) is 1.66. The van der Waals surface area contributed by atoms with Crippen LogP contribution in [0.15, 0.2) is 55.0 Å². The van der Waals surface area contributed by atoms with Crippen molar-refractivity contribution in [2.24, 2.45) is 0 Å². The minimum atomic E-state index is 0.733. The number of aromatic nitrogens is 2. The molecule has 4 heteroatoms. The van der Waals surface area contributed by atoms with Crippen LogP contribution in [0, 0.1) is 6.92 Å². The van der Waals surface area contributed by atoms with Crippen LogP contribution in [0.3, 0.4) is 0 Å². The molecule has 19 heavy (non-hydrogen) atoms. The maximum absolute atomic E-state index is 5.56. The van der Waals surface area contributed by atoms with Crippen LogP contribution in [0.5, 0.6) is 0 Å². The Morgan fingerprint density at radius 2 is 1.74 bits per heavy atom. The van der Waals surface area contributed by atoms with Gasteiger partial charge in [-0.15, -0.1) is 0 Å². The zero-order chi connectivity index (χ0) is 13.7. The van der Waals surface area contributed by atoms with Gasteiger partial charge in [0, 0.05) is 23.0 Å². The fraction of sp³-hybridized carbons (Fsp3) is 0.0667. The van der Waals surface area contributed by atoms with Crippen LogP contribution in [0.2, 0.25) is 0 Å². The van der Waals surface area contributed by atoms with Crippen LogP contribution in [0.4, 0.5) is 11.4 Å². The molecule has 0 aliphatic heterocycles. The Kier molecular flexibility index (Phi) is 3.93. The van der Waals surface area contributed by atoms with Gasteiger partial charge in [0.05, 0.1) is 5.52 Å². The third-order valence-corrected chi connectivity index (χ3v) is 2.57. The standard InChI is InChI=1S/C8H7N3.C7H9N/c9-7-2-1-6-4-10-5-11-8(6)3-7;1-6-3-2-4-7(8)5-6/h1-5H,9H2;2-5H,8H2,1H3. The van der Waals surface area contributed by atoms with Gasteiger partial charge in [0.2, 0.25) is 0 Å². The lowest BCUT2D eigenvalue weighted by atomic mass is 10.2. The van der Waals surface area contributed by atoms with Gasteiger partial charge in [-0.05, 0) is 42.8 Å². The van der Waals surface area contributed by atoms with Crippen LogP contribution in [0.1, 0.15) is 5.56 Å². The molecule has 1 heterocycles. The lowest BCUT2D eigenvalue weighted by Crippen LogP contribution is -1.85. The highest BCUT2D eigenvalue weighted by Gasteiger charge is 1.92. The molecule has 0 amide bonds. The van der Waals surface area contributed by atoms with Gasteiger partial charge in [0.1, 0.15) is 6.33 Å². The van der Waals surface area contributed by atoms with Crippen molar-refractivity contribution in [2.45, 2.75) is 6.92 Å². The highest BCUT2D eigenvalue weighted by Crippen LogP contribution is 2.12. The molecule has 0 atom stereocenters. The lowest BCUT2D eigenvalue weighted by molar-refractivity contribution is 1.22. The van der Waals surface area contributed by atoms with Gasteiger partial charge in [-0.1, -0.05) is 12.1 Å². The molecule has 4 nitrogen and oxygen atoms in total. The molecule has 0 aliphatic rings. The number of nitrogens with zero attached hydrogens (tertiary/aromatic N) is 2. The van der Waals surface area contributed by atoms with Crippen LogP contribution in [0.25, 0.3) is 10.9 Å². The molecule has 4 N–H and O–H groups in total. The predicted octanol–water partition coefficient (Wildman–Crippen LogP) is 2.79. The fourth-order valence-corrected chi connectivity index (χ4v) is 1.66. The molecule has 1 aromatic heterocycles. The largest absolute Gasteiger partial charge is 0.399 e. The molecule has 0 spiro atoms. The van der Waals surface area contributed by atoms with Crippen LogP contribution in [-0.4, -0.2) is 9.97 Å². The lowest BCUT2D eigenvalue weighted by Gasteiger charge is -1.95. The summed E-state index contributed by atoms with van der Waals surface area (Å²) in [6.45, 7) is 2.02. The summed E-state index contributed by atoms with van der Waals surface area (Å²) in [6.07, 6.45) is 3.28. The monoisotopic (exact) mass is 252 g/mol. The number of anilines is 2. The van der Waals surface area contributed by atoms with Gasteiger partial charge in [0.15, 0.2) is 0 Å². The van der Waals surface area contributed by atoms with Gasteiger partial charge in [-0.3, -0.25) is 0 Å². The highest BCUT2D eigenvalue weighted by molar-refractivity contribution is 5.80. The van der Waals surface area contributed by atoms with E-state index in [1.165, 1.54) is 11.9 Å². The van der Waals surface area contributed by atoms with E-state index < -0.39 is 0 Å². The Morgan fingerprint density at radius 3 is 2.42 bits per heavy atom. The maximum atomic E-state index is 5.56. The molecule has 0 bridgehead atoms. The molecule has 96 valence electrons. The van der Waals surface area contributed by atoms with E-state index in [0.717, 1.165) is 22.3 Å². The first-order chi connectivity index (χ1) is 9.15. The molecule has 3 aromatic rings. The quantitative estimate of drug-likeness (QED) is 0.603. The first-order valence-electron chi connectivity index (χ1n) is 5.92. The number of nitrogen functional groups attached to an aromatic ring is 2. The van der Waals surface area contributed by atoms with E-state index in [1.54, 1.807) is 6.20 Å². The second kappa shape index (κ2) is 5.82. The number of aryl methyl sites for hydroxylation is 1. The first kappa shape index (κ1) is 12.8. The summed E-state index contributed by atoms with van der Waals surface area (Å²) in [5, 5.41) is 1.02. The van der Waals surface area contributed by atoms with Gasteiger partial charge < -0.3 is 11.5 Å². The average molecular weight is 252 g/mol. The minimum Gasteiger partial charge on any atom is -0.399 e. The Balaban J connectivity index is 0.000000148. The van der Waals surface area contributed by atoms with Crippen LogP contribution >= 0.6 is 0 Å². The number of hydrogen-bond donors (Lipinski definition) is 2. The second-order valence-corrected chi connectivity index (χ2v) is 4.26. The van der Waals surface area contributed by atoms with Gasteiger partial charge >= 0.3 is 0 Å². The van der Waals surface area contributed by atoms with E-state index in [1.807, 2.05) is 49.4 Å². The van der Waals surface area contributed by atoms with Crippen molar-refractivity contribution in [1.82, 2.24) is 9.97 Å². The van der Waals surface area contributed by atoms with Crippen molar-refractivity contribution < 1.29 is 0 Å². The summed E-state index contributed by atoms with van der Waals surface area (Å²) in [6, 6.07) is 13.4. The summed E-state index contributed by atoms with van der Waals surface area (Å²) in [5.41, 5.74) is 14.7. The van der Waals surface area contributed by atoms with Crippen molar-refractivity contribution in [3.8, 4) is 0 Å². The third-order valence-electron chi connectivity index (χ3n) is 2.57. The van der Waals surface area contributed by atoms with Gasteiger partial charge in [-0.25, -0.2) is 9.97 Å². The molecule has 0 saturated carbocycles. The zero-order valence-electron chi connectivity index (χ0n) is 10.7. The van der Waals surface area contributed by atoms with E-state index in [0.29, 0.717) is 0 Å². The second-order valence-electron chi connectivity index (χ2n) is 4.26. The Morgan fingerprint density at radius 1 is 0.947 bits per heavy atom. The van der Waals surface area contributed by atoms with E-state index in [-0.39, 0.29) is 0 Å². The molecular weight excluding hydrogens is 236 g/mol. The predicted molar refractivity (Wildman–Crippen MR) is 79.5 cm³/mol. The Bertz CT molecular complexity index is 662. The Hall–Kier alpha value is -2.62. The molecule has 0 aliphatic carbocycles. The van der Waals surface area contributed by atoms with Gasteiger partial charge in [-0.2, -0.15) is 0 Å². The number of nitrogens with two attached hydrogens (primary N) is 2. The summed E-state index contributed by atoms with van der Waals surface area (Å²) in [4.78, 5) is 7.94. The molecule has 0 saturated heterocycles. The van der Waals surface area contributed by atoms with E-state index in [9.17, 15) is 0 Å². The summed E-state index contributed by atoms with van der Waals surface area (Å²) < 4.78 is 0. The van der Waals surface area contributed by atoms with Crippen molar-refractivity contribution in [3.05, 3.63) is 60.6 Å². The average Bonchev–Trinajstić information content (AvgIpc) is 2.39. The topological polar surface area (TPSA) is 77.8 Å². The third kappa shape index (κ3) is 3.67. The van der Waals surface area contributed by atoms with Gasteiger partial charge in [0.25, 0.3) is 0 Å². The molecule has 3 rings (SSSR count). The highest BCUT2D eigenvalue weighted by atomic mass is 14.8. The van der Waals surface area contributed by atoms with Crippen molar-refractivity contribution in [2.75, 3.05) is 11.5 Å². The van der Waals surface area contributed by atoms with Crippen LogP contribution in [-0.2, 0) is 0 Å². The minimum absolute atomic E-state index is 0.733. The number of rotatable bonds is 0. The van der Waals surface area contributed by atoms with E-state index >= 15 is 0 Å². The van der Waals surface area contributed by atoms with E-state index in [4.69, 9.17) is 11.5 Å². The van der Waals surface area contributed by atoms with Crippen molar-refractivity contribution >= 4 is 22.3 Å². The van der Waals surface area contributed by atoms with Crippen LogP contribution < -0.4 is 11.5 Å². The zero-order valence-corrected chi connectivity index (χ0v) is 10.7. The molecular formula is C15H16N4. The van der Waals surface area contributed by atoms with Crippen molar-refractivity contribution in [3.63, 3.8) is 0 Å². The molecule has 0 radical (unpaired) electrons. The van der Waals surface area contributed by atoms with E-state index in [2.05, 4.69) is 9.97 Å². The number of benzene rings is 2. The van der Waals surface area contributed by atoms with Crippen molar-refractivity contribution in [1.29, 1.82) is 0 Å². The molecule has 2 aromatic carbocycles. The Labute approximate surface area is 112 Å². The molecule has 0 unspecified atom stereocenters. The number of fused-ring (bicyclic) bond motifs is 1. The first-order valence-corrected chi connectivity index (χ1v) is 5.92. The summed E-state index contributed by atoms with van der Waals surface area (Å²) in [5.74, 6) is 0. The normalized spacial score (nSPS) is 9.74. The SMILES string of the molecule is Cc1cccc(N)c1.Nc1ccc2cncnc2c1. The smallest absolute Gasteiger partial charge is 0.116 e. The summed E-state index contributed by atoms with van der Waals surface area (Å²) >= 11 is 0. The summed E-state index contributed by atoms with van der Waals surface area (Å²) in [7, 11) is 0. The maximum Gasteiger partial charge on any atom is 0.116 e. The number of hydrogen-bond acceptors (Lipinski definition) is 4.